The summed E-state index contributed by atoms with van der Waals surface area (Å²) in [6, 6.07) is 0. The summed E-state index contributed by atoms with van der Waals surface area (Å²) < 4.78 is 5.24. The molecule has 0 unspecified atom stereocenters. The molecule has 12 heavy (non-hydrogen) atoms. The molecular weight excluding hydrogens is 154 g/mol. The summed E-state index contributed by atoms with van der Waals surface area (Å²) in [6.07, 6.45) is 0.912. The highest BCUT2D eigenvalue weighted by molar-refractivity contribution is 5.73. The van der Waals surface area contributed by atoms with Crippen molar-refractivity contribution in [2.24, 2.45) is 5.92 Å². The van der Waals surface area contributed by atoms with Crippen LogP contribution in [0.4, 0.5) is 0 Å². The summed E-state index contributed by atoms with van der Waals surface area (Å²) >= 11 is 0. The molecule has 1 atom stereocenters. The summed E-state index contributed by atoms with van der Waals surface area (Å²) in [7, 11) is 0. The molecule has 70 valence electrons. The van der Waals surface area contributed by atoms with E-state index in [1.54, 1.807) is 0 Å². The SMILES string of the molecule is CC(C)(C)OC(=O)[C@H]1CCNC1. The first-order valence-electron chi connectivity index (χ1n) is 4.42. The van der Waals surface area contributed by atoms with Gasteiger partial charge in [0.05, 0.1) is 5.92 Å². The van der Waals surface area contributed by atoms with Crippen molar-refractivity contribution in [2.75, 3.05) is 13.1 Å². The van der Waals surface area contributed by atoms with Crippen molar-refractivity contribution in [3.63, 3.8) is 0 Å². The van der Waals surface area contributed by atoms with Crippen molar-refractivity contribution in [1.82, 2.24) is 5.32 Å². The van der Waals surface area contributed by atoms with Crippen molar-refractivity contribution in [3.05, 3.63) is 0 Å². The maximum absolute atomic E-state index is 11.4. The van der Waals surface area contributed by atoms with Crippen molar-refractivity contribution >= 4 is 5.97 Å². The average molecular weight is 171 g/mol. The van der Waals surface area contributed by atoms with E-state index in [0.29, 0.717) is 0 Å². The van der Waals surface area contributed by atoms with Crippen LogP contribution in [0.3, 0.4) is 0 Å². The second-order valence-corrected chi connectivity index (χ2v) is 4.22. The lowest BCUT2D eigenvalue weighted by Gasteiger charge is -2.21. The molecule has 0 aromatic rings. The molecule has 1 saturated heterocycles. The second-order valence-electron chi connectivity index (χ2n) is 4.22. The minimum Gasteiger partial charge on any atom is -0.460 e. The topological polar surface area (TPSA) is 38.3 Å². The van der Waals surface area contributed by atoms with Crippen LogP contribution in [-0.2, 0) is 9.53 Å². The van der Waals surface area contributed by atoms with Gasteiger partial charge in [-0.1, -0.05) is 0 Å². The van der Waals surface area contributed by atoms with Gasteiger partial charge in [-0.2, -0.15) is 0 Å². The van der Waals surface area contributed by atoms with Gasteiger partial charge in [-0.25, -0.2) is 0 Å². The van der Waals surface area contributed by atoms with Crippen LogP contribution < -0.4 is 5.32 Å². The van der Waals surface area contributed by atoms with Crippen LogP contribution >= 0.6 is 0 Å². The fraction of sp³-hybridized carbons (Fsp3) is 0.889. The minimum atomic E-state index is -0.348. The van der Waals surface area contributed by atoms with Crippen LogP contribution in [0.15, 0.2) is 0 Å². The lowest BCUT2D eigenvalue weighted by molar-refractivity contribution is -0.159. The molecule has 3 heteroatoms. The molecule has 1 heterocycles. The Bertz CT molecular complexity index is 166. The van der Waals surface area contributed by atoms with E-state index < -0.39 is 0 Å². The molecule has 1 aliphatic heterocycles. The molecule has 0 aromatic heterocycles. The minimum absolute atomic E-state index is 0.0625. The first kappa shape index (κ1) is 9.52. The Morgan fingerprint density at radius 2 is 2.17 bits per heavy atom. The number of esters is 1. The largest absolute Gasteiger partial charge is 0.460 e. The van der Waals surface area contributed by atoms with E-state index in [2.05, 4.69) is 5.32 Å². The Kier molecular flexibility index (Phi) is 2.73. The third kappa shape index (κ3) is 2.81. The highest BCUT2D eigenvalue weighted by atomic mass is 16.6. The van der Waals surface area contributed by atoms with Crippen LogP contribution in [0.1, 0.15) is 27.2 Å². The fourth-order valence-electron chi connectivity index (χ4n) is 1.24. The van der Waals surface area contributed by atoms with E-state index in [-0.39, 0.29) is 17.5 Å². The monoisotopic (exact) mass is 171 g/mol. The van der Waals surface area contributed by atoms with Crippen LogP contribution in [0.25, 0.3) is 0 Å². The van der Waals surface area contributed by atoms with Crippen LogP contribution in [0, 0.1) is 5.92 Å². The van der Waals surface area contributed by atoms with Gasteiger partial charge in [-0.05, 0) is 33.7 Å². The van der Waals surface area contributed by atoms with Gasteiger partial charge >= 0.3 is 5.97 Å². The molecule has 0 radical (unpaired) electrons. The summed E-state index contributed by atoms with van der Waals surface area (Å²) in [5, 5.41) is 3.14. The zero-order valence-electron chi connectivity index (χ0n) is 8.02. The first-order valence-corrected chi connectivity index (χ1v) is 4.42. The lowest BCUT2D eigenvalue weighted by Crippen LogP contribution is -2.29. The Balaban J connectivity index is 2.37. The Hall–Kier alpha value is -0.570. The summed E-state index contributed by atoms with van der Waals surface area (Å²) in [5.41, 5.74) is -0.348. The number of hydrogen-bond acceptors (Lipinski definition) is 3. The normalized spacial score (nSPS) is 24.1. The quantitative estimate of drug-likeness (QED) is 0.597. The number of carbonyl (C=O) groups excluding carboxylic acids is 1. The summed E-state index contributed by atoms with van der Waals surface area (Å²) in [5.74, 6) is 0.0109. The number of rotatable bonds is 1. The molecule has 3 nitrogen and oxygen atoms in total. The zero-order valence-corrected chi connectivity index (χ0v) is 8.02. The van der Waals surface area contributed by atoms with E-state index in [0.717, 1.165) is 19.5 Å². The molecule has 0 aliphatic carbocycles. The Morgan fingerprint density at radius 1 is 1.50 bits per heavy atom. The van der Waals surface area contributed by atoms with Crippen molar-refractivity contribution in [1.29, 1.82) is 0 Å². The summed E-state index contributed by atoms with van der Waals surface area (Å²) in [4.78, 5) is 11.4. The maximum atomic E-state index is 11.4. The second kappa shape index (κ2) is 3.44. The molecule has 1 aliphatic rings. The van der Waals surface area contributed by atoms with E-state index in [9.17, 15) is 4.79 Å². The fourth-order valence-corrected chi connectivity index (χ4v) is 1.24. The predicted octanol–water partition coefficient (Wildman–Crippen LogP) is 0.938. The molecule has 0 spiro atoms. The summed E-state index contributed by atoms with van der Waals surface area (Å²) in [6.45, 7) is 7.40. The first-order chi connectivity index (χ1) is 5.49. The van der Waals surface area contributed by atoms with Crippen molar-refractivity contribution in [2.45, 2.75) is 32.8 Å². The molecule has 1 rings (SSSR count). The highest BCUT2D eigenvalue weighted by Gasteiger charge is 2.27. The number of hydrogen-bond donors (Lipinski definition) is 1. The van der Waals surface area contributed by atoms with Gasteiger partial charge in [0.15, 0.2) is 0 Å². The molecule has 0 amide bonds. The predicted molar refractivity (Wildman–Crippen MR) is 46.8 cm³/mol. The smallest absolute Gasteiger partial charge is 0.310 e. The third-order valence-electron chi connectivity index (χ3n) is 1.80. The zero-order chi connectivity index (χ0) is 9.19. The average Bonchev–Trinajstić information content (AvgIpc) is 2.32. The van der Waals surface area contributed by atoms with Crippen molar-refractivity contribution < 1.29 is 9.53 Å². The molecular formula is C9H17NO2. The molecule has 0 saturated carbocycles. The number of nitrogens with one attached hydrogen (secondary N) is 1. The Labute approximate surface area is 73.5 Å². The molecule has 0 bridgehead atoms. The van der Waals surface area contributed by atoms with Gasteiger partial charge in [-0.3, -0.25) is 4.79 Å². The van der Waals surface area contributed by atoms with Gasteiger partial charge in [-0.15, -0.1) is 0 Å². The van der Waals surface area contributed by atoms with Crippen LogP contribution in [0.2, 0.25) is 0 Å². The standard InChI is InChI=1S/C9H17NO2/c1-9(2,3)12-8(11)7-4-5-10-6-7/h7,10H,4-6H2,1-3H3/t7-/m0/s1. The van der Waals surface area contributed by atoms with Crippen LogP contribution in [0.5, 0.6) is 0 Å². The van der Waals surface area contributed by atoms with Gasteiger partial charge in [0, 0.05) is 6.54 Å². The lowest BCUT2D eigenvalue weighted by atomic mass is 10.1. The maximum Gasteiger partial charge on any atom is 0.310 e. The third-order valence-corrected chi connectivity index (χ3v) is 1.80. The Morgan fingerprint density at radius 3 is 2.58 bits per heavy atom. The van der Waals surface area contributed by atoms with E-state index in [1.807, 2.05) is 20.8 Å². The van der Waals surface area contributed by atoms with E-state index in [4.69, 9.17) is 4.74 Å². The van der Waals surface area contributed by atoms with Gasteiger partial charge < -0.3 is 10.1 Å². The number of ether oxygens (including phenoxy) is 1. The molecule has 1 N–H and O–H groups in total. The van der Waals surface area contributed by atoms with E-state index >= 15 is 0 Å². The molecule has 1 fully saturated rings. The van der Waals surface area contributed by atoms with E-state index in [1.165, 1.54) is 0 Å². The molecule has 0 aromatic carbocycles. The van der Waals surface area contributed by atoms with Crippen molar-refractivity contribution in [3.8, 4) is 0 Å². The highest BCUT2D eigenvalue weighted by Crippen LogP contribution is 2.15. The van der Waals surface area contributed by atoms with Crippen LogP contribution in [-0.4, -0.2) is 24.7 Å². The number of carbonyl (C=O) groups is 1. The van der Waals surface area contributed by atoms with Gasteiger partial charge in [0.1, 0.15) is 5.60 Å². The van der Waals surface area contributed by atoms with Gasteiger partial charge in [0.25, 0.3) is 0 Å². The van der Waals surface area contributed by atoms with Gasteiger partial charge in [0.2, 0.25) is 0 Å².